The van der Waals surface area contributed by atoms with E-state index in [4.69, 9.17) is 10.5 Å². The molecule has 0 aromatic carbocycles. The monoisotopic (exact) mass is 185 g/mol. The van der Waals surface area contributed by atoms with Gasteiger partial charge >= 0.3 is 5.97 Å². The van der Waals surface area contributed by atoms with Gasteiger partial charge in [0, 0.05) is 11.5 Å². The van der Waals surface area contributed by atoms with Gasteiger partial charge < -0.3 is 4.74 Å². The summed E-state index contributed by atoms with van der Waals surface area (Å²) in [5, 5.41) is 0. The van der Waals surface area contributed by atoms with Crippen molar-refractivity contribution in [1.29, 1.82) is 0 Å². The third-order valence-corrected chi connectivity index (χ3v) is 2.25. The molecule has 0 bridgehead atoms. The SMILES string of the molecule is C=C(C)C(=O)OC(C)(N)C(C)CC. The molecule has 76 valence electrons. The van der Waals surface area contributed by atoms with E-state index in [1.807, 2.05) is 13.8 Å². The van der Waals surface area contributed by atoms with E-state index < -0.39 is 11.7 Å². The van der Waals surface area contributed by atoms with Crippen LogP contribution in [0.3, 0.4) is 0 Å². The van der Waals surface area contributed by atoms with Gasteiger partial charge in [-0.2, -0.15) is 0 Å². The zero-order chi connectivity index (χ0) is 10.6. The van der Waals surface area contributed by atoms with Crippen molar-refractivity contribution in [3.05, 3.63) is 12.2 Å². The van der Waals surface area contributed by atoms with Crippen molar-refractivity contribution in [3.63, 3.8) is 0 Å². The highest BCUT2D eigenvalue weighted by Gasteiger charge is 2.29. The predicted octanol–water partition coefficient (Wildman–Crippen LogP) is 1.83. The quantitative estimate of drug-likeness (QED) is 0.413. The van der Waals surface area contributed by atoms with Gasteiger partial charge in [0.15, 0.2) is 5.72 Å². The molecule has 0 radical (unpaired) electrons. The molecule has 0 aliphatic carbocycles. The minimum atomic E-state index is -0.898. The highest BCUT2D eigenvalue weighted by molar-refractivity contribution is 5.87. The molecule has 2 unspecified atom stereocenters. The van der Waals surface area contributed by atoms with Crippen LogP contribution in [0.25, 0.3) is 0 Å². The Balaban J connectivity index is 4.33. The van der Waals surface area contributed by atoms with Crippen LogP contribution >= 0.6 is 0 Å². The average molecular weight is 185 g/mol. The van der Waals surface area contributed by atoms with E-state index >= 15 is 0 Å². The number of hydrogen-bond acceptors (Lipinski definition) is 3. The summed E-state index contributed by atoms with van der Waals surface area (Å²) in [6.07, 6.45) is 0.871. The zero-order valence-corrected chi connectivity index (χ0v) is 8.89. The number of carbonyl (C=O) groups excluding carboxylic acids is 1. The lowest BCUT2D eigenvalue weighted by molar-refractivity contribution is -0.157. The number of carbonyl (C=O) groups is 1. The molecule has 0 rings (SSSR count). The Labute approximate surface area is 79.9 Å². The van der Waals surface area contributed by atoms with Crippen LogP contribution in [0.5, 0.6) is 0 Å². The summed E-state index contributed by atoms with van der Waals surface area (Å²) in [5.74, 6) is -0.291. The van der Waals surface area contributed by atoms with Crippen molar-refractivity contribution in [2.24, 2.45) is 11.7 Å². The summed E-state index contributed by atoms with van der Waals surface area (Å²) >= 11 is 0. The molecule has 3 heteroatoms. The Morgan fingerprint density at radius 1 is 1.69 bits per heavy atom. The van der Waals surface area contributed by atoms with Gasteiger partial charge in [-0.15, -0.1) is 0 Å². The van der Waals surface area contributed by atoms with Crippen molar-refractivity contribution in [3.8, 4) is 0 Å². The van der Waals surface area contributed by atoms with Gasteiger partial charge in [0.1, 0.15) is 0 Å². The smallest absolute Gasteiger partial charge is 0.334 e. The molecule has 0 amide bonds. The van der Waals surface area contributed by atoms with E-state index in [0.717, 1.165) is 6.42 Å². The fraction of sp³-hybridized carbons (Fsp3) is 0.700. The summed E-state index contributed by atoms with van der Waals surface area (Å²) in [7, 11) is 0. The van der Waals surface area contributed by atoms with Crippen LogP contribution in [0.2, 0.25) is 0 Å². The number of ether oxygens (including phenoxy) is 1. The topological polar surface area (TPSA) is 52.3 Å². The van der Waals surface area contributed by atoms with Crippen LogP contribution in [0.1, 0.15) is 34.1 Å². The van der Waals surface area contributed by atoms with E-state index in [2.05, 4.69) is 6.58 Å². The lowest BCUT2D eigenvalue weighted by atomic mass is 9.97. The van der Waals surface area contributed by atoms with E-state index in [1.54, 1.807) is 13.8 Å². The van der Waals surface area contributed by atoms with Gasteiger partial charge in [0.05, 0.1) is 0 Å². The lowest BCUT2D eigenvalue weighted by Gasteiger charge is -2.30. The molecule has 0 aromatic heterocycles. The standard InChI is InChI=1S/C10H19NO2/c1-6-8(4)10(5,11)13-9(12)7(2)3/h8H,2,6,11H2,1,3-5H3. The fourth-order valence-electron chi connectivity index (χ4n) is 0.793. The third-order valence-electron chi connectivity index (χ3n) is 2.25. The molecule has 0 aliphatic heterocycles. The fourth-order valence-corrected chi connectivity index (χ4v) is 0.793. The van der Waals surface area contributed by atoms with Crippen LogP contribution in [0.4, 0.5) is 0 Å². The van der Waals surface area contributed by atoms with Gasteiger partial charge in [0.2, 0.25) is 0 Å². The van der Waals surface area contributed by atoms with E-state index in [0.29, 0.717) is 5.57 Å². The Hall–Kier alpha value is -0.830. The second-order valence-corrected chi connectivity index (χ2v) is 3.66. The van der Waals surface area contributed by atoms with Crippen molar-refractivity contribution >= 4 is 5.97 Å². The molecule has 0 fully saturated rings. The van der Waals surface area contributed by atoms with Crippen molar-refractivity contribution < 1.29 is 9.53 Å². The third kappa shape index (κ3) is 3.59. The summed E-state index contributed by atoms with van der Waals surface area (Å²) in [5.41, 5.74) is 5.30. The van der Waals surface area contributed by atoms with Gasteiger partial charge in [-0.1, -0.05) is 20.4 Å². The number of rotatable bonds is 4. The first kappa shape index (κ1) is 12.2. The summed E-state index contributed by atoms with van der Waals surface area (Å²) in [4.78, 5) is 11.2. The molecule has 13 heavy (non-hydrogen) atoms. The van der Waals surface area contributed by atoms with Crippen molar-refractivity contribution in [1.82, 2.24) is 0 Å². The highest BCUT2D eigenvalue weighted by atomic mass is 16.6. The van der Waals surface area contributed by atoms with Crippen LogP contribution in [0.15, 0.2) is 12.2 Å². The first-order chi connectivity index (χ1) is 5.81. The molecule has 0 aliphatic rings. The largest absolute Gasteiger partial charge is 0.441 e. The maximum Gasteiger partial charge on any atom is 0.334 e. The maximum atomic E-state index is 11.2. The first-order valence-electron chi connectivity index (χ1n) is 4.49. The van der Waals surface area contributed by atoms with Gasteiger partial charge in [-0.3, -0.25) is 5.73 Å². The molecule has 0 saturated carbocycles. The van der Waals surface area contributed by atoms with Crippen LogP contribution in [-0.4, -0.2) is 11.7 Å². The number of esters is 1. The molecule has 0 heterocycles. The van der Waals surface area contributed by atoms with E-state index in [9.17, 15) is 4.79 Å². The predicted molar refractivity (Wildman–Crippen MR) is 53.0 cm³/mol. The molecular weight excluding hydrogens is 166 g/mol. The maximum absolute atomic E-state index is 11.2. The number of hydrogen-bond donors (Lipinski definition) is 1. The second-order valence-electron chi connectivity index (χ2n) is 3.66. The minimum Gasteiger partial charge on any atom is -0.441 e. The van der Waals surface area contributed by atoms with Crippen LogP contribution in [0, 0.1) is 5.92 Å². The first-order valence-corrected chi connectivity index (χ1v) is 4.49. The normalized spacial score (nSPS) is 17.3. The van der Waals surface area contributed by atoms with E-state index in [1.165, 1.54) is 0 Å². The Morgan fingerprint density at radius 3 is 2.46 bits per heavy atom. The van der Waals surface area contributed by atoms with Crippen LogP contribution < -0.4 is 5.73 Å². The van der Waals surface area contributed by atoms with Gasteiger partial charge in [-0.25, -0.2) is 4.79 Å². The number of nitrogens with two attached hydrogens (primary N) is 1. The van der Waals surface area contributed by atoms with E-state index in [-0.39, 0.29) is 5.92 Å². The van der Waals surface area contributed by atoms with Crippen molar-refractivity contribution in [2.75, 3.05) is 0 Å². The summed E-state index contributed by atoms with van der Waals surface area (Å²) in [6.45, 7) is 10.8. The van der Waals surface area contributed by atoms with Crippen molar-refractivity contribution in [2.45, 2.75) is 39.8 Å². The molecule has 2 N–H and O–H groups in total. The van der Waals surface area contributed by atoms with Crippen LogP contribution in [-0.2, 0) is 9.53 Å². The average Bonchev–Trinajstić information content (AvgIpc) is 2.01. The Bertz CT molecular complexity index is 209. The molecule has 2 atom stereocenters. The lowest BCUT2D eigenvalue weighted by Crippen LogP contribution is -2.47. The van der Waals surface area contributed by atoms with Gasteiger partial charge in [-0.05, 0) is 20.3 Å². The molecule has 3 nitrogen and oxygen atoms in total. The molecular formula is C10H19NO2. The highest BCUT2D eigenvalue weighted by Crippen LogP contribution is 2.19. The Morgan fingerprint density at radius 2 is 2.15 bits per heavy atom. The minimum absolute atomic E-state index is 0.135. The summed E-state index contributed by atoms with van der Waals surface area (Å²) < 4.78 is 5.09. The van der Waals surface area contributed by atoms with Gasteiger partial charge in [0.25, 0.3) is 0 Å². The molecule has 0 spiro atoms. The molecule has 0 aromatic rings. The second kappa shape index (κ2) is 4.42. The summed E-state index contributed by atoms with van der Waals surface area (Å²) in [6, 6.07) is 0. The Kier molecular flexibility index (Phi) is 4.14. The molecule has 0 saturated heterocycles. The zero-order valence-electron chi connectivity index (χ0n) is 8.89.